The van der Waals surface area contributed by atoms with E-state index >= 15 is 0 Å². The first-order valence-corrected chi connectivity index (χ1v) is 6.78. The molecule has 0 bridgehead atoms. The summed E-state index contributed by atoms with van der Waals surface area (Å²) in [6, 6.07) is 5.96. The molecule has 1 aromatic heterocycles. The molecule has 0 N–H and O–H groups in total. The Balaban J connectivity index is 2.18. The van der Waals surface area contributed by atoms with Gasteiger partial charge in [0.05, 0.1) is 11.1 Å². The minimum atomic E-state index is -0.509. The van der Waals surface area contributed by atoms with Crippen LogP contribution in [0.3, 0.4) is 0 Å². The molecule has 0 amide bonds. The van der Waals surface area contributed by atoms with Crippen LogP contribution >= 0.6 is 15.9 Å². The van der Waals surface area contributed by atoms with Crippen molar-refractivity contribution in [2.45, 2.75) is 11.9 Å². The van der Waals surface area contributed by atoms with Gasteiger partial charge >= 0.3 is 5.69 Å². The number of pyridine rings is 1. The van der Waals surface area contributed by atoms with Gasteiger partial charge in [0.1, 0.15) is 12.4 Å². The summed E-state index contributed by atoms with van der Waals surface area (Å²) >= 11 is 3.24. The predicted octanol–water partition coefficient (Wildman–Crippen LogP) is 3.60. The van der Waals surface area contributed by atoms with Crippen LogP contribution in [0.25, 0.3) is 0 Å². The number of nitrogens with zero attached hydrogens (tertiary/aromatic N) is 2. The Morgan fingerprint density at radius 3 is 2.75 bits per heavy atom. The third-order valence-electron chi connectivity index (χ3n) is 2.53. The molecule has 0 radical (unpaired) electrons. The smallest absolute Gasteiger partial charge is 0.311 e. The first-order valence-electron chi connectivity index (χ1n) is 5.65. The maximum absolute atomic E-state index is 13.0. The molecule has 0 fully saturated rings. The van der Waals surface area contributed by atoms with E-state index in [1.165, 1.54) is 24.4 Å². The highest BCUT2D eigenvalue weighted by Gasteiger charge is 2.16. The van der Waals surface area contributed by atoms with Gasteiger partial charge in [0.25, 0.3) is 0 Å². The Morgan fingerprint density at radius 1 is 1.30 bits per heavy atom. The lowest BCUT2D eigenvalue weighted by Crippen LogP contribution is -2.00. The van der Waals surface area contributed by atoms with E-state index in [-0.39, 0.29) is 18.0 Å². The molecular weight excluding hydrogens is 331 g/mol. The molecule has 1 aromatic carbocycles. The fourth-order valence-electron chi connectivity index (χ4n) is 1.61. The number of benzene rings is 1. The third-order valence-corrected chi connectivity index (χ3v) is 3.18. The molecule has 0 aliphatic carbocycles. The molecule has 0 spiro atoms. The molecule has 20 heavy (non-hydrogen) atoms. The number of halogens is 2. The molecule has 0 aliphatic rings. The van der Waals surface area contributed by atoms with E-state index in [9.17, 15) is 14.5 Å². The van der Waals surface area contributed by atoms with Gasteiger partial charge in [0.15, 0.2) is 5.75 Å². The minimum Gasteiger partial charge on any atom is -0.482 e. The van der Waals surface area contributed by atoms with E-state index in [1.54, 1.807) is 6.07 Å². The molecule has 1 heterocycles. The molecule has 0 saturated carbocycles. The first-order chi connectivity index (χ1) is 9.60. The van der Waals surface area contributed by atoms with Crippen molar-refractivity contribution in [2.24, 2.45) is 0 Å². The molecule has 5 nitrogen and oxygen atoms in total. The van der Waals surface area contributed by atoms with Crippen LogP contribution in [0, 0.1) is 15.9 Å². The normalized spacial score (nSPS) is 10.3. The zero-order chi connectivity index (χ0) is 14.5. The van der Waals surface area contributed by atoms with Gasteiger partial charge in [-0.25, -0.2) is 4.39 Å². The van der Waals surface area contributed by atoms with Crippen molar-refractivity contribution in [3.63, 3.8) is 0 Å². The molecule has 104 valence electrons. The van der Waals surface area contributed by atoms with Gasteiger partial charge in [-0.1, -0.05) is 22.0 Å². The lowest BCUT2D eigenvalue weighted by Gasteiger charge is -2.07. The number of aromatic nitrogens is 1. The van der Waals surface area contributed by atoms with E-state index in [0.717, 1.165) is 11.8 Å². The van der Waals surface area contributed by atoms with Gasteiger partial charge in [-0.05, 0) is 17.7 Å². The van der Waals surface area contributed by atoms with E-state index in [2.05, 4.69) is 20.9 Å². The number of rotatable bonds is 5. The average Bonchev–Trinajstić information content (AvgIpc) is 2.45. The predicted molar refractivity (Wildman–Crippen MR) is 74.3 cm³/mol. The van der Waals surface area contributed by atoms with Gasteiger partial charge in [-0.2, -0.15) is 0 Å². The Morgan fingerprint density at radius 2 is 2.10 bits per heavy atom. The van der Waals surface area contributed by atoms with E-state index in [0.29, 0.717) is 10.9 Å². The van der Waals surface area contributed by atoms with E-state index < -0.39 is 10.7 Å². The quantitative estimate of drug-likeness (QED) is 0.473. The highest BCUT2D eigenvalue weighted by molar-refractivity contribution is 9.08. The Kier molecular flexibility index (Phi) is 4.62. The highest BCUT2D eigenvalue weighted by Crippen LogP contribution is 2.29. The maximum atomic E-state index is 13.0. The zero-order valence-electron chi connectivity index (χ0n) is 10.3. The Labute approximate surface area is 122 Å². The number of nitro groups is 1. The summed E-state index contributed by atoms with van der Waals surface area (Å²) in [7, 11) is 0. The molecule has 2 rings (SSSR count). The molecule has 7 heteroatoms. The summed E-state index contributed by atoms with van der Waals surface area (Å²) in [6.45, 7) is 0.0132. The topological polar surface area (TPSA) is 65.3 Å². The lowest BCUT2D eigenvalue weighted by molar-refractivity contribution is -0.386. The van der Waals surface area contributed by atoms with Crippen molar-refractivity contribution < 1.29 is 14.1 Å². The molecule has 0 saturated heterocycles. The van der Waals surface area contributed by atoms with Crippen molar-refractivity contribution in [3.05, 3.63) is 63.7 Å². The second kappa shape index (κ2) is 6.42. The molecule has 2 aromatic rings. The van der Waals surface area contributed by atoms with Crippen LogP contribution in [0.15, 0.2) is 36.7 Å². The van der Waals surface area contributed by atoms with Crippen molar-refractivity contribution in [3.8, 4) is 5.75 Å². The van der Waals surface area contributed by atoms with Crippen LogP contribution in [0.2, 0.25) is 0 Å². The highest BCUT2D eigenvalue weighted by atomic mass is 79.9. The Hall–Kier alpha value is -2.02. The van der Waals surface area contributed by atoms with Gasteiger partial charge in [-0.15, -0.1) is 0 Å². The van der Waals surface area contributed by atoms with E-state index in [1.807, 2.05) is 0 Å². The second-order valence-corrected chi connectivity index (χ2v) is 4.55. The number of nitro benzene ring substituents is 1. The monoisotopic (exact) mass is 340 g/mol. The summed E-state index contributed by atoms with van der Waals surface area (Å²) < 4.78 is 18.3. The van der Waals surface area contributed by atoms with Gasteiger partial charge < -0.3 is 4.74 Å². The van der Waals surface area contributed by atoms with Gasteiger partial charge in [0.2, 0.25) is 0 Å². The summed E-state index contributed by atoms with van der Waals surface area (Å²) in [4.78, 5) is 14.2. The summed E-state index contributed by atoms with van der Waals surface area (Å²) in [5.74, 6) is -0.334. The van der Waals surface area contributed by atoms with Crippen molar-refractivity contribution >= 4 is 21.6 Å². The van der Waals surface area contributed by atoms with Crippen LogP contribution in [0.5, 0.6) is 5.75 Å². The van der Waals surface area contributed by atoms with Gasteiger partial charge in [0, 0.05) is 23.2 Å². The van der Waals surface area contributed by atoms with Crippen molar-refractivity contribution in [1.29, 1.82) is 0 Å². The second-order valence-electron chi connectivity index (χ2n) is 3.99. The van der Waals surface area contributed by atoms with Gasteiger partial charge in [-0.3, -0.25) is 15.1 Å². The fraction of sp³-hybridized carbons (Fsp3) is 0.154. The average molecular weight is 341 g/mol. The molecule has 0 unspecified atom stereocenters. The van der Waals surface area contributed by atoms with Crippen LogP contribution in [-0.2, 0) is 11.9 Å². The molecular formula is C13H10BrFN2O3. The van der Waals surface area contributed by atoms with Crippen LogP contribution in [0.1, 0.15) is 11.1 Å². The Bertz CT molecular complexity index is 637. The number of alkyl halides is 1. The first kappa shape index (κ1) is 14.4. The lowest BCUT2D eigenvalue weighted by atomic mass is 10.2. The number of hydrogen-bond acceptors (Lipinski definition) is 4. The summed E-state index contributed by atoms with van der Waals surface area (Å²) in [6.07, 6.45) is 2.53. The molecule has 0 atom stereocenters. The maximum Gasteiger partial charge on any atom is 0.311 e. The number of hydrogen-bond donors (Lipinski definition) is 0. The summed E-state index contributed by atoms with van der Waals surface area (Å²) in [5, 5.41) is 11.5. The van der Waals surface area contributed by atoms with Crippen LogP contribution in [-0.4, -0.2) is 9.91 Å². The van der Waals surface area contributed by atoms with Crippen molar-refractivity contribution in [1.82, 2.24) is 4.98 Å². The summed E-state index contributed by atoms with van der Waals surface area (Å²) in [5.41, 5.74) is 1.16. The number of ether oxygens (including phenoxy) is 1. The standard InChI is InChI=1S/C13H10BrFN2O3/c14-5-9-1-2-13(12(4-9)17(18)19)20-8-10-3-11(15)7-16-6-10/h1-4,6-7H,5,8H2. The van der Waals surface area contributed by atoms with Crippen LogP contribution < -0.4 is 4.74 Å². The zero-order valence-corrected chi connectivity index (χ0v) is 11.8. The van der Waals surface area contributed by atoms with Crippen LogP contribution in [0.4, 0.5) is 10.1 Å². The van der Waals surface area contributed by atoms with E-state index in [4.69, 9.17) is 4.74 Å². The largest absolute Gasteiger partial charge is 0.482 e. The SMILES string of the molecule is O=[N+]([O-])c1cc(CBr)ccc1OCc1cncc(F)c1. The minimum absolute atomic E-state index is 0.0132. The van der Waals surface area contributed by atoms with Crippen molar-refractivity contribution in [2.75, 3.05) is 0 Å². The third kappa shape index (κ3) is 3.51. The molecule has 0 aliphatic heterocycles. The fourth-order valence-corrected chi connectivity index (χ4v) is 1.96.